The fraction of sp³-hybridized carbons (Fsp3) is 0. The van der Waals surface area contributed by atoms with Crippen LogP contribution in [0.1, 0.15) is 9.67 Å². The molecule has 0 bridgehead atoms. The molecule has 3 aromatic rings. The number of fused-ring (bicyclic) bond motifs is 1. The van der Waals surface area contributed by atoms with Crippen LogP contribution in [-0.2, 0) is 0 Å². The molecule has 0 saturated heterocycles. The first-order valence-electron chi connectivity index (χ1n) is 5.51. The Balaban J connectivity index is 2.12. The van der Waals surface area contributed by atoms with Gasteiger partial charge in [-0.1, -0.05) is 24.3 Å². The van der Waals surface area contributed by atoms with Gasteiger partial charge in [0.1, 0.15) is 5.82 Å². The smallest absolute Gasteiger partial charge is 0.160 e. The molecule has 1 aromatic heterocycles. The second kappa shape index (κ2) is 4.35. The van der Waals surface area contributed by atoms with Crippen molar-refractivity contribution >= 4 is 27.7 Å². The zero-order valence-electron chi connectivity index (χ0n) is 9.39. The van der Waals surface area contributed by atoms with Crippen LogP contribution in [0.25, 0.3) is 21.2 Å². The van der Waals surface area contributed by atoms with E-state index >= 15 is 0 Å². The number of hydrogen-bond donors (Lipinski definition) is 0. The van der Waals surface area contributed by atoms with E-state index in [4.69, 9.17) is 0 Å². The van der Waals surface area contributed by atoms with Crippen LogP contribution in [0, 0.1) is 5.82 Å². The van der Waals surface area contributed by atoms with Crippen LogP contribution in [0.3, 0.4) is 0 Å². The fourth-order valence-corrected chi connectivity index (χ4v) is 2.85. The van der Waals surface area contributed by atoms with Crippen LogP contribution in [0.5, 0.6) is 0 Å². The van der Waals surface area contributed by atoms with Crippen LogP contribution in [0.4, 0.5) is 4.39 Å². The maximum Gasteiger partial charge on any atom is 0.160 e. The van der Waals surface area contributed by atoms with E-state index < -0.39 is 0 Å². The highest BCUT2D eigenvalue weighted by Crippen LogP contribution is 2.29. The summed E-state index contributed by atoms with van der Waals surface area (Å²) in [5.41, 5.74) is 2.00. The first kappa shape index (κ1) is 11.1. The normalized spacial score (nSPS) is 10.7. The first-order valence-corrected chi connectivity index (χ1v) is 6.32. The Kier molecular flexibility index (Phi) is 2.68. The topological polar surface area (TPSA) is 17.1 Å². The molecule has 3 rings (SSSR count). The summed E-state index contributed by atoms with van der Waals surface area (Å²) in [6, 6.07) is 14.3. The van der Waals surface area contributed by atoms with E-state index in [0.29, 0.717) is 0 Å². The second-order valence-corrected chi connectivity index (χ2v) is 5.14. The number of carbonyl (C=O) groups excluding carboxylic acids is 1. The molecule has 18 heavy (non-hydrogen) atoms. The van der Waals surface area contributed by atoms with Gasteiger partial charge in [-0.15, -0.1) is 11.3 Å². The molecule has 0 aliphatic rings. The lowest BCUT2D eigenvalue weighted by molar-refractivity contribution is 0.112. The quantitative estimate of drug-likeness (QED) is 0.616. The van der Waals surface area contributed by atoms with Crippen molar-refractivity contribution in [2.24, 2.45) is 0 Å². The molecule has 1 nitrogen and oxygen atoms in total. The summed E-state index contributed by atoms with van der Waals surface area (Å²) in [4.78, 5) is 11.5. The first-order chi connectivity index (χ1) is 8.76. The molecule has 0 radical (unpaired) electrons. The molecule has 3 heteroatoms. The minimum absolute atomic E-state index is 0.237. The minimum Gasteiger partial charge on any atom is -0.297 e. The van der Waals surface area contributed by atoms with E-state index in [1.54, 1.807) is 12.1 Å². The molecule has 0 unspecified atom stereocenters. The third kappa shape index (κ3) is 1.93. The number of aldehydes is 1. The van der Waals surface area contributed by atoms with Gasteiger partial charge >= 0.3 is 0 Å². The summed E-state index contributed by atoms with van der Waals surface area (Å²) in [5, 5.41) is 1.06. The number of thiophene rings is 1. The van der Waals surface area contributed by atoms with Crippen molar-refractivity contribution in [1.82, 2.24) is 0 Å². The highest BCUT2D eigenvalue weighted by molar-refractivity contribution is 7.20. The molecule has 0 amide bonds. The van der Waals surface area contributed by atoms with Gasteiger partial charge in [-0.05, 0) is 40.8 Å². The van der Waals surface area contributed by atoms with E-state index in [1.165, 1.54) is 23.5 Å². The summed E-state index contributed by atoms with van der Waals surface area (Å²) in [5.74, 6) is -0.237. The van der Waals surface area contributed by atoms with Crippen molar-refractivity contribution in [3.63, 3.8) is 0 Å². The van der Waals surface area contributed by atoms with Gasteiger partial charge in [-0.3, -0.25) is 4.79 Å². The summed E-state index contributed by atoms with van der Waals surface area (Å²) in [7, 11) is 0. The third-order valence-corrected chi connectivity index (χ3v) is 3.86. The highest BCUT2D eigenvalue weighted by atomic mass is 32.1. The predicted octanol–water partition coefficient (Wildman–Crippen LogP) is 4.52. The zero-order chi connectivity index (χ0) is 12.5. The average molecular weight is 256 g/mol. The van der Waals surface area contributed by atoms with Crippen LogP contribution < -0.4 is 0 Å². The lowest BCUT2D eigenvalue weighted by Crippen LogP contribution is -1.78. The molecule has 1 heterocycles. The fourth-order valence-electron chi connectivity index (χ4n) is 1.93. The zero-order valence-corrected chi connectivity index (χ0v) is 10.2. The maximum absolute atomic E-state index is 12.9. The van der Waals surface area contributed by atoms with Crippen molar-refractivity contribution in [3.05, 3.63) is 59.2 Å². The lowest BCUT2D eigenvalue weighted by Gasteiger charge is -2.01. The van der Waals surface area contributed by atoms with Gasteiger partial charge in [0.2, 0.25) is 0 Å². The van der Waals surface area contributed by atoms with E-state index in [9.17, 15) is 9.18 Å². The van der Waals surface area contributed by atoms with E-state index in [2.05, 4.69) is 0 Å². The SMILES string of the molecule is O=Cc1cc2ccc(-c3ccc(F)cc3)cc2s1. The number of halogens is 1. The van der Waals surface area contributed by atoms with Crippen molar-refractivity contribution < 1.29 is 9.18 Å². The van der Waals surface area contributed by atoms with Crippen LogP contribution >= 0.6 is 11.3 Å². The van der Waals surface area contributed by atoms with Gasteiger partial charge in [-0.2, -0.15) is 0 Å². The standard InChI is InChI=1S/C15H9FOS/c16-13-5-3-10(4-6-13)11-1-2-12-7-14(9-17)18-15(12)8-11/h1-9H. The molecule has 0 N–H and O–H groups in total. The predicted molar refractivity (Wildman–Crippen MR) is 72.6 cm³/mol. The summed E-state index contributed by atoms with van der Waals surface area (Å²) in [6.45, 7) is 0. The minimum atomic E-state index is -0.237. The second-order valence-electron chi connectivity index (χ2n) is 4.03. The molecule has 88 valence electrons. The summed E-state index contributed by atoms with van der Waals surface area (Å²) >= 11 is 1.47. The Morgan fingerprint density at radius 1 is 0.944 bits per heavy atom. The molecule has 0 saturated carbocycles. The van der Waals surface area contributed by atoms with Gasteiger partial charge in [0.15, 0.2) is 6.29 Å². The lowest BCUT2D eigenvalue weighted by atomic mass is 10.0. The third-order valence-electron chi connectivity index (χ3n) is 2.83. The van der Waals surface area contributed by atoms with Crippen molar-refractivity contribution in [3.8, 4) is 11.1 Å². The largest absolute Gasteiger partial charge is 0.297 e. The van der Waals surface area contributed by atoms with Gasteiger partial charge < -0.3 is 0 Å². The molecule has 0 atom stereocenters. The average Bonchev–Trinajstić information content (AvgIpc) is 2.81. The van der Waals surface area contributed by atoms with Crippen LogP contribution in [0.15, 0.2) is 48.5 Å². The van der Waals surface area contributed by atoms with Crippen molar-refractivity contribution in [2.45, 2.75) is 0 Å². The summed E-state index contributed by atoms with van der Waals surface area (Å²) < 4.78 is 13.9. The number of hydrogen-bond acceptors (Lipinski definition) is 2. The van der Waals surface area contributed by atoms with E-state index in [-0.39, 0.29) is 5.82 Å². The van der Waals surface area contributed by atoms with E-state index in [1.807, 2.05) is 24.3 Å². The van der Waals surface area contributed by atoms with Gasteiger partial charge in [0.05, 0.1) is 4.88 Å². The van der Waals surface area contributed by atoms with Gasteiger partial charge in [0.25, 0.3) is 0 Å². The Bertz CT molecular complexity index is 713. The van der Waals surface area contributed by atoms with Crippen LogP contribution in [0.2, 0.25) is 0 Å². The van der Waals surface area contributed by atoms with Crippen molar-refractivity contribution in [2.75, 3.05) is 0 Å². The number of benzene rings is 2. The molecule has 0 aliphatic heterocycles. The van der Waals surface area contributed by atoms with E-state index in [0.717, 1.165) is 32.4 Å². The Morgan fingerprint density at radius 3 is 2.39 bits per heavy atom. The van der Waals surface area contributed by atoms with Crippen molar-refractivity contribution in [1.29, 1.82) is 0 Å². The number of carbonyl (C=O) groups is 1. The molecule has 0 spiro atoms. The monoisotopic (exact) mass is 256 g/mol. The Morgan fingerprint density at radius 2 is 1.67 bits per heavy atom. The summed E-state index contributed by atoms with van der Waals surface area (Å²) in [6.07, 6.45) is 0.863. The molecule has 0 aliphatic carbocycles. The van der Waals surface area contributed by atoms with Gasteiger partial charge in [0, 0.05) is 4.70 Å². The molecular formula is C15H9FOS. The van der Waals surface area contributed by atoms with Gasteiger partial charge in [-0.25, -0.2) is 4.39 Å². The Labute approximate surface area is 108 Å². The number of rotatable bonds is 2. The molecular weight excluding hydrogens is 247 g/mol. The van der Waals surface area contributed by atoms with Crippen LogP contribution in [-0.4, -0.2) is 6.29 Å². The molecule has 2 aromatic carbocycles. The molecule has 0 fully saturated rings. The maximum atomic E-state index is 12.9. The highest BCUT2D eigenvalue weighted by Gasteiger charge is 2.04. The Hall–Kier alpha value is -2.00.